The van der Waals surface area contributed by atoms with E-state index < -0.39 is 10.8 Å². The Morgan fingerprint density at radius 1 is 1.11 bits per heavy atom. The minimum atomic E-state index is -0.500. The van der Waals surface area contributed by atoms with Crippen LogP contribution >= 0.6 is 0 Å². The van der Waals surface area contributed by atoms with Crippen molar-refractivity contribution in [1.82, 2.24) is 4.90 Å². The van der Waals surface area contributed by atoms with Gasteiger partial charge in [-0.1, -0.05) is 18.2 Å². The van der Waals surface area contributed by atoms with Crippen molar-refractivity contribution in [2.24, 2.45) is 0 Å². The molecule has 0 radical (unpaired) electrons. The molecule has 2 amide bonds. The SMILES string of the molecule is CCN(CC)C(=O)c1cccc(NC(=O)/C=C/c2ccccc2[N+](=O)[O-])c1. The Labute approximate surface area is 157 Å². The maximum atomic E-state index is 12.4. The number of hydrogen-bond donors (Lipinski definition) is 1. The van der Waals surface area contributed by atoms with Gasteiger partial charge in [-0.3, -0.25) is 19.7 Å². The Morgan fingerprint density at radius 2 is 1.81 bits per heavy atom. The molecule has 0 atom stereocenters. The summed E-state index contributed by atoms with van der Waals surface area (Å²) in [5, 5.41) is 13.7. The Kier molecular flexibility index (Phi) is 6.82. The molecule has 0 saturated heterocycles. The van der Waals surface area contributed by atoms with Crippen LogP contribution in [0.1, 0.15) is 29.8 Å². The molecule has 7 heteroatoms. The minimum Gasteiger partial charge on any atom is -0.339 e. The molecular weight excluding hydrogens is 346 g/mol. The molecule has 1 N–H and O–H groups in total. The minimum absolute atomic E-state index is 0.0756. The maximum Gasteiger partial charge on any atom is 0.276 e. The number of nitro benzene ring substituents is 1. The number of hydrogen-bond acceptors (Lipinski definition) is 4. The Morgan fingerprint density at radius 3 is 2.48 bits per heavy atom. The molecule has 0 heterocycles. The second-order valence-corrected chi connectivity index (χ2v) is 5.70. The molecule has 2 rings (SSSR count). The van der Waals surface area contributed by atoms with Crippen molar-refractivity contribution in [1.29, 1.82) is 0 Å². The number of nitrogens with one attached hydrogen (secondary N) is 1. The zero-order valence-corrected chi connectivity index (χ0v) is 15.2. The Hall–Kier alpha value is -3.48. The number of anilines is 1. The largest absolute Gasteiger partial charge is 0.339 e. The Balaban J connectivity index is 2.12. The fourth-order valence-electron chi connectivity index (χ4n) is 2.57. The predicted octanol–water partition coefficient (Wildman–Crippen LogP) is 3.73. The van der Waals surface area contributed by atoms with Crippen LogP contribution < -0.4 is 5.32 Å². The van der Waals surface area contributed by atoms with Crippen molar-refractivity contribution in [2.45, 2.75) is 13.8 Å². The molecule has 0 aliphatic carbocycles. The second kappa shape index (κ2) is 9.28. The van der Waals surface area contributed by atoms with Crippen molar-refractivity contribution in [3.05, 3.63) is 75.8 Å². The van der Waals surface area contributed by atoms with Gasteiger partial charge in [-0.2, -0.15) is 0 Å². The number of carbonyl (C=O) groups excluding carboxylic acids is 2. The summed E-state index contributed by atoms with van der Waals surface area (Å²) in [6, 6.07) is 12.8. The summed E-state index contributed by atoms with van der Waals surface area (Å²) in [5.41, 5.74) is 1.22. The standard InChI is InChI=1S/C20H21N3O4/c1-3-22(4-2)20(25)16-9-7-10-17(14-16)21-19(24)13-12-15-8-5-6-11-18(15)23(26)27/h5-14H,3-4H2,1-2H3,(H,21,24)/b13-12+. The lowest BCUT2D eigenvalue weighted by atomic mass is 10.1. The Bertz CT molecular complexity index is 873. The highest BCUT2D eigenvalue weighted by Gasteiger charge is 2.13. The van der Waals surface area contributed by atoms with E-state index in [9.17, 15) is 19.7 Å². The lowest BCUT2D eigenvalue weighted by molar-refractivity contribution is -0.385. The van der Waals surface area contributed by atoms with Gasteiger partial charge in [0.1, 0.15) is 0 Å². The summed E-state index contributed by atoms with van der Waals surface area (Å²) in [5.74, 6) is -0.549. The van der Waals surface area contributed by atoms with E-state index in [4.69, 9.17) is 0 Å². The quantitative estimate of drug-likeness (QED) is 0.458. The van der Waals surface area contributed by atoms with Gasteiger partial charge in [-0.25, -0.2) is 0 Å². The highest BCUT2D eigenvalue weighted by atomic mass is 16.6. The average Bonchev–Trinajstić information content (AvgIpc) is 2.67. The number of rotatable bonds is 7. The highest BCUT2D eigenvalue weighted by molar-refractivity contribution is 6.03. The molecule has 0 aromatic heterocycles. The number of nitro groups is 1. The number of para-hydroxylation sites is 1. The topological polar surface area (TPSA) is 92.6 Å². The zero-order valence-electron chi connectivity index (χ0n) is 15.2. The predicted molar refractivity (Wildman–Crippen MR) is 104 cm³/mol. The van der Waals surface area contributed by atoms with E-state index in [1.807, 2.05) is 13.8 Å². The average molecular weight is 367 g/mol. The highest BCUT2D eigenvalue weighted by Crippen LogP contribution is 2.19. The van der Waals surface area contributed by atoms with E-state index in [0.717, 1.165) is 0 Å². The number of nitrogens with zero attached hydrogens (tertiary/aromatic N) is 2. The van der Waals surface area contributed by atoms with E-state index >= 15 is 0 Å². The molecule has 2 aromatic rings. The van der Waals surface area contributed by atoms with Gasteiger partial charge in [0, 0.05) is 36.5 Å². The second-order valence-electron chi connectivity index (χ2n) is 5.70. The summed E-state index contributed by atoms with van der Waals surface area (Å²) in [4.78, 5) is 36.7. The zero-order chi connectivity index (χ0) is 19.8. The van der Waals surface area contributed by atoms with Gasteiger partial charge >= 0.3 is 0 Å². The molecule has 0 spiro atoms. The third-order valence-corrected chi connectivity index (χ3v) is 3.98. The van der Waals surface area contributed by atoms with Crippen LogP contribution in [0.2, 0.25) is 0 Å². The molecule has 0 fully saturated rings. The monoisotopic (exact) mass is 367 g/mol. The van der Waals surface area contributed by atoms with Gasteiger partial charge < -0.3 is 10.2 Å². The number of benzene rings is 2. The molecule has 0 unspecified atom stereocenters. The summed E-state index contributed by atoms with van der Waals surface area (Å²) < 4.78 is 0. The van der Waals surface area contributed by atoms with Gasteiger partial charge in [0.25, 0.3) is 11.6 Å². The van der Waals surface area contributed by atoms with E-state index in [-0.39, 0.29) is 11.6 Å². The van der Waals surface area contributed by atoms with Crippen molar-refractivity contribution < 1.29 is 14.5 Å². The summed E-state index contributed by atoms with van der Waals surface area (Å²) >= 11 is 0. The van der Waals surface area contributed by atoms with Crippen LogP contribution in [0, 0.1) is 10.1 Å². The molecule has 0 aliphatic rings. The molecule has 140 valence electrons. The van der Waals surface area contributed by atoms with Crippen LogP contribution in [0.3, 0.4) is 0 Å². The lowest BCUT2D eigenvalue weighted by Crippen LogP contribution is -2.30. The van der Waals surface area contributed by atoms with Gasteiger partial charge in [-0.05, 0) is 44.2 Å². The van der Waals surface area contributed by atoms with E-state index in [0.29, 0.717) is 29.9 Å². The van der Waals surface area contributed by atoms with Crippen molar-refractivity contribution in [2.75, 3.05) is 18.4 Å². The van der Waals surface area contributed by atoms with E-state index in [1.165, 1.54) is 18.2 Å². The summed E-state index contributed by atoms with van der Waals surface area (Å²) in [7, 11) is 0. The molecule has 0 aliphatic heterocycles. The van der Waals surface area contributed by atoms with Gasteiger partial charge in [0.15, 0.2) is 0 Å². The third-order valence-electron chi connectivity index (χ3n) is 3.98. The smallest absolute Gasteiger partial charge is 0.276 e. The molecule has 0 saturated carbocycles. The first-order valence-electron chi connectivity index (χ1n) is 8.58. The van der Waals surface area contributed by atoms with Crippen LogP contribution in [0.15, 0.2) is 54.6 Å². The third kappa shape index (κ3) is 5.24. The summed E-state index contributed by atoms with van der Waals surface area (Å²) in [6.07, 6.45) is 2.61. The first-order chi connectivity index (χ1) is 13.0. The molecule has 7 nitrogen and oxygen atoms in total. The molecule has 0 bridgehead atoms. The van der Waals surface area contributed by atoms with Gasteiger partial charge in [0.2, 0.25) is 5.91 Å². The van der Waals surface area contributed by atoms with E-state index in [1.54, 1.807) is 47.4 Å². The van der Waals surface area contributed by atoms with Crippen molar-refractivity contribution >= 4 is 29.3 Å². The van der Waals surface area contributed by atoms with Crippen LogP contribution in [0.4, 0.5) is 11.4 Å². The summed E-state index contributed by atoms with van der Waals surface area (Å²) in [6.45, 7) is 5.01. The van der Waals surface area contributed by atoms with Gasteiger partial charge in [-0.15, -0.1) is 0 Å². The van der Waals surface area contributed by atoms with Crippen LogP contribution in [-0.2, 0) is 4.79 Å². The maximum absolute atomic E-state index is 12.4. The van der Waals surface area contributed by atoms with Crippen LogP contribution in [0.5, 0.6) is 0 Å². The van der Waals surface area contributed by atoms with Crippen molar-refractivity contribution in [3.8, 4) is 0 Å². The number of amides is 2. The normalized spacial score (nSPS) is 10.6. The lowest BCUT2D eigenvalue weighted by Gasteiger charge is -2.18. The fourth-order valence-corrected chi connectivity index (χ4v) is 2.57. The fraction of sp³-hybridized carbons (Fsp3) is 0.200. The molecule has 2 aromatic carbocycles. The van der Waals surface area contributed by atoms with Crippen LogP contribution in [0.25, 0.3) is 6.08 Å². The first kappa shape index (κ1) is 19.8. The first-order valence-corrected chi connectivity index (χ1v) is 8.58. The number of carbonyl (C=O) groups is 2. The van der Waals surface area contributed by atoms with Gasteiger partial charge in [0.05, 0.1) is 10.5 Å². The molecule has 27 heavy (non-hydrogen) atoms. The van der Waals surface area contributed by atoms with E-state index in [2.05, 4.69) is 5.32 Å². The van der Waals surface area contributed by atoms with Crippen LogP contribution in [-0.4, -0.2) is 34.7 Å². The molecular formula is C20H21N3O4. The van der Waals surface area contributed by atoms with Crippen molar-refractivity contribution in [3.63, 3.8) is 0 Å².